The van der Waals surface area contributed by atoms with E-state index in [1.54, 1.807) is 0 Å². The van der Waals surface area contributed by atoms with Gasteiger partial charge in [0.15, 0.2) is 0 Å². The van der Waals surface area contributed by atoms with Gasteiger partial charge < -0.3 is 10.3 Å². The van der Waals surface area contributed by atoms with E-state index in [0.29, 0.717) is 0 Å². The minimum absolute atomic E-state index is 0.805. The molecule has 0 fully saturated rings. The van der Waals surface area contributed by atoms with Gasteiger partial charge in [0.2, 0.25) is 0 Å². The number of nitrogens with zero attached hydrogens (tertiary/aromatic N) is 2. The lowest BCUT2D eigenvalue weighted by molar-refractivity contribution is 0.644. The topological polar surface area (TPSA) is 43.3 Å². The minimum Gasteiger partial charge on any atom is -0.399 e. The lowest BCUT2D eigenvalue weighted by Crippen LogP contribution is -2.22. The highest BCUT2D eigenvalue weighted by atomic mass is 15.0. The molecule has 3 aromatic rings. The van der Waals surface area contributed by atoms with Crippen molar-refractivity contribution < 1.29 is 0 Å². The second-order valence-electron chi connectivity index (χ2n) is 6.28. The molecule has 0 atom stereocenters. The zero-order valence-corrected chi connectivity index (χ0v) is 14.9. The summed E-state index contributed by atoms with van der Waals surface area (Å²) in [6, 6.07) is 21.1. The minimum atomic E-state index is 0.805. The molecule has 2 aromatic carbocycles. The summed E-state index contributed by atoms with van der Waals surface area (Å²) in [4.78, 5) is 4.51. The monoisotopic (exact) mass is 331 g/mol. The fourth-order valence-corrected chi connectivity index (χ4v) is 3.11. The number of aryl methyl sites for hydroxylation is 1. The number of pyridine rings is 1. The van der Waals surface area contributed by atoms with Gasteiger partial charge in [0.05, 0.1) is 0 Å². The lowest BCUT2D eigenvalue weighted by Gasteiger charge is -2.11. The Morgan fingerprint density at radius 1 is 0.920 bits per heavy atom. The number of nitrogen functional groups attached to an aromatic ring is 1. The zero-order valence-electron chi connectivity index (χ0n) is 14.9. The van der Waals surface area contributed by atoms with Gasteiger partial charge in [-0.15, -0.1) is 0 Å². The molecule has 3 nitrogen and oxygen atoms in total. The van der Waals surface area contributed by atoms with Crippen LogP contribution in [0, 0.1) is 0 Å². The summed E-state index contributed by atoms with van der Waals surface area (Å²) in [5, 5.41) is 0. The summed E-state index contributed by atoms with van der Waals surface area (Å²) < 4.78 is 2.22. The Bertz CT molecular complexity index is 888. The standard InChI is InChI=1S/C22H25N3/c1-3-14-25-15-4-5-21(22(25)24-2)19-10-6-17(7-11-19)16-18-8-12-20(23)13-9-18/h4-13,15H,3,14,16,23H2,1-2H3. The number of hydrogen-bond acceptors (Lipinski definition) is 2. The van der Waals surface area contributed by atoms with Crippen LogP contribution in [-0.2, 0) is 13.0 Å². The second-order valence-corrected chi connectivity index (χ2v) is 6.28. The Morgan fingerprint density at radius 2 is 1.56 bits per heavy atom. The van der Waals surface area contributed by atoms with Crippen LogP contribution in [0.15, 0.2) is 71.9 Å². The van der Waals surface area contributed by atoms with Crippen molar-refractivity contribution in [1.29, 1.82) is 0 Å². The third-order valence-corrected chi connectivity index (χ3v) is 4.37. The van der Waals surface area contributed by atoms with Crippen LogP contribution < -0.4 is 11.2 Å². The highest BCUT2D eigenvalue weighted by Gasteiger charge is 2.04. The molecule has 2 N–H and O–H groups in total. The number of rotatable bonds is 5. The summed E-state index contributed by atoms with van der Waals surface area (Å²) in [5.41, 5.74) is 12.5. The number of nitrogens with two attached hydrogens (primary N) is 1. The van der Waals surface area contributed by atoms with Crippen LogP contribution in [0.4, 0.5) is 5.69 Å². The van der Waals surface area contributed by atoms with E-state index in [2.05, 4.69) is 71.2 Å². The van der Waals surface area contributed by atoms with Crippen molar-refractivity contribution >= 4 is 5.69 Å². The first kappa shape index (κ1) is 17.0. The van der Waals surface area contributed by atoms with Crippen LogP contribution in [0.3, 0.4) is 0 Å². The lowest BCUT2D eigenvalue weighted by atomic mass is 10.0. The zero-order chi connectivity index (χ0) is 17.6. The maximum Gasteiger partial charge on any atom is 0.135 e. The normalized spacial score (nSPS) is 11.7. The summed E-state index contributed by atoms with van der Waals surface area (Å²) in [5.74, 6) is 0. The molecular weight excluding hydrogens is 306 g/mol. The Morgan fingerprint density at radius 3 is 2.16 bits per heavy atom. The molecule has 0 radical (unpaired) electrons. The highest BCUT2D eigenvalue weighted by Crippen LogP contribution is 2.18. The maximum atomic E-state index is 5.75. The van der Waals surface area contributed by atoms with E-state index in [0.717, 1.165) is 30.6 Å². The molecule has 3 heteroatoms. The first-order valence-electron chi connectivity index (χ1n) is 8.77. The molecule has 0 unspecified atom stereocenters. The molecule has 3 rings (SSSR count). The Labute approximate surface area is 149 Å². The Hall–Kier alpha value is -2.81. The second kappa shape index (κ2) is 7.84. The van der Waals surface area contributed by atoms with E-state index < -0.39 is 0 Å². The third-order valence-electron chi connectivity index (χ3n) is 4.37. The fourth-order valence-electron chi connectivity index (χ4n) is 3.11. The summed E-state index contributed by atoms with van der Waals surface area (Å²) in [6.45, 7) is 3.17. The van der Waals surface area contributed by atoms with Gasteiger partial charge in [-0.3, -0.25) is 4.99 Å². The summed E-state index contributed by atoms with van der Waals surface area (Å²) in [7, 11) is 1.86. The largest absolute Gasteiger partial charge is 0.399 e. The van der Waals surface area contributed by atoms with E-state index in [1.165, 1.54) is 22.3 Å². The summed E-state index contributed by atoms with van der Waals surface area (Å²) >= 11 is 0. The van der Waals surface area contributed by atoms with Crippen LogP contribution in [0.2, 0.25) is 0 Å². The first-order chi connectivity index (χ1) is 12.2. The van der Waals surface area contributed by atoms with Crippen molar-refractivity contribution in [2.45, 2.75) is 26.3 Å². The maximum absolute atomic E-state index is 5.75. The van der Waals surface area contributed by atoms with Gasteiger partial charge in [0.25, 0.3) is 0 Å². The van der Waals surface area contributed by atoms with Crippen molar-refractivity contribution in [3.8, 4) is 11.1 Å². The van der Waals surface area contributed by atoms with E-state index >= 15 is 0 Å². The van der Waals surface area contributed by atoms with Crippen LogP contribution in [0.5, 0.6) is 0 Å². The molecule has 0 bridgehead atoms. The fraction of sp³-hybridized carbons (Fsp3) is 0.227. The quantitative estimate of drug-likeness (QED) is 0.697. The predicted octanol–water partition coefficient (Wildman–Crippen LogP) is 4.27. The molecule has 0 amide bonds. The molecule has 0 saturated carbocycles. The average molecular weight is 331 g/mol. The van der Waals surface area contributed by atoms with Crippen molar-refractivity contribution in [2.24, 2.45) is 4.99 Å². The highest BCUT2D eigenvalue weighted by molar-refractivity contribution is 5.62. The Kier molecular flexibility index (Phi) is 5.34. The predicted molar refractivity (Wildman–Crippen MR) is 105 cm³/mol. The van der Waals surface area contributed by atoms with Crippen LogP contribution >= 0.6 is 0 Å². The van der Waals surface area contributed by atoms with E-state index in [9.17, 15) is 0 Å². The van der Waals surface area contributed by atoms with Gasteiger partial charge in [-0.05, 0) is 53.8 Å². The van der Waals surface area contributed by atoms with Crippen molar-refractivity contribution in [2.75, 3.05) is 12.8 Å². The molecular formula is C22H25N3. The van der Waals surface area contributed by atoms with Crippen LogP contribution in [-0.4, -0.2) is 11.6 Å². The van der Waals surface area contributed by atoms with Gasteiger partial charge in [-0.25, -0.2) is 0 Å². The van der Waals surface area contributed by atoms with Gasteiger partial charge in [-0.1, -0.05) is 43.3 Å². The first-order valence-corrected chi connectivity index (χ1v) is 8.77. The third kappa shape index (κ3) is 4.00. The molecule has 25 heavy (non-hydrogen) atoms. The van der Waals surface area contributed by atoms with E-state index in [-0.39, 0.29) is 0 Å². The van der Waals surface area contributed by atoms with Gasteiger partial charge in [0.1, 0.15) is 5.49 Å². The van der Waals surface area contributed by atoms with Gasteiger partial charge in [-0.2, -0.15) is 0 Å². The number of hydrogen-bond donors (Lipinski definition) is 1. The molecule has 0 spiro atoms. The molecule has 128 valence electrons. The molecule has 1 aromatic heterocycles. The van der Waals surface area contributed by atoms with Crippen LogP contribution in [0.1, 0.15) is 24.5 Å². The molecule has 0 aliphatic rings. The van der Waals surface area contributed by atoms with Crippen molar-refractivity contribution in [3.05, 3.63) is 83.5 Å². The van der Waals surface area contributed by atoms with Crippen molar-refractivity contribution in [1.82, 2.24) is 4.57 Å². The average Bonchev–Trinajstić information content (AvgIpc) is 2.64. The van der Waals surface area contributed by atoms with Gasteiger partial charge in [0, 0.05) is 31.0 Å². The summed E-state index contributed by atoms with van der Waals surface area (Å²) in [6.07, 6.45) is 4.11. The number of aromatic nitrogens is 1. The van der Waals surface area contributed by atoms with E-state index in [1.807, 2.05) is 19.2 Å². The number of anilines is 1. The SMILES string of the molecule is CCCn1cccc(-c2ccc(Cc3ccc(N)cc3)cc2)c1=NC. The van der Waals surface area contributed by atoms with Gasteiger partial charge >= 0.3 is 0 Å². The number of benzene rings is 2. The molecule has 0 aliphatic heterocycles. The Balaban J connectivity index is 1.88. The molecule has 0 aliphatic carbocycles. The van der Waals surface area contributed by atoms with Crippen molar-refractivity contribution in [3.63, 3.8) is 0 Å². The smallest absolute Gasteiger partial charge is 0.135 e. The molecule has 0 saturated heterocycles. The van der Waals surface area contributed by atoms with E-state index in [4.69, 9.17) is 5.73 Å². The van der Waals surface area contributed by atoms with Crippen LogP contribution in [0.25, 0.3) is 11.1 Å². The molecule has 1 heterocycles.